The Hall–Kier alpha value is -2.33. The van der Waals surface area contributed by atoms with Crippen LogP contribution < -0.4 is 10.6 Å². The van der Waals surface area contributed by atoms with E-state index in [4.69, 9.17) is 11.6 Å². The van der Waals surface area contributed by atoms with Crippen LogP contribution in [0.15, 0.2) is 54.6 Å². The number of halogens is 1. The van der Waals surface area contributed by atoms with Gasteiger partial charge in [-0.25, -0.2) is 0 Å². The molecule has 0 saturated heterocycles. The number of hydrogen-bond donors (Lipinski definition) is 2. The number of amides is 2. The minimum atomic E-state index is -0.199. The van der Waals surface area contributed by atoms with E-state index in [0.29, 0.717) is 24.5 Å². The molecule has 3 rings (SSSR count). The average molecular weight is 357 g/mol. The molecule has 0 bridgehead atoms. The van der Waals surface area contributed by atoms with E-state index in [0.717, 1.165) is 17.5 Å². The molecule has 2 atom stereocenters. The highest BCUT2D eigenvalue weighted by Crippen LogP contribution is 2.38. The fourth-order valence-corrected chi connectivity index (χ4v) is 3.06. The highest BCUT2D eigenvalue weighted by atomic mass is 35.5. The molecule has 1 saturated carbocycles. The molecule has 5 heteroatoms. The summed E-state index contributed by atoms with van der Waals surface area (Å²) in [6, 6.07) is 17.3. The Labute approximate surface area is 152 Å². The molecule has 2 aromatic rings. The molecule has 1 aliphatic rings. The van der Waals surface area contributed by atoms with Crippen LogP contribution in [-0.4, -0.2) is 18.4 Å². The fourth-order valence-electron chi connectivity index (χ4n) is 2.84. The van der Waals surface area contributed by atoms with Gasteiger partial charge in [0.05, 0.1) is 11.8 Å². The van der Waals surface area contributed by atoms with Crippen molar-refractivity contribution >= 4 is 23.4 Å². The summed E-state index contributed by atoms with van der Waals surface area (Å²) >= 11 is 5.94. The third-order valence-electron chi connectivity index (χ3n) is 4.38. The maximum atomic E-state index is 12.1. The van der Waals surface area contributed by atoms with Crippen molar-refractivity contribution in [1.82, 2.24) is 10.6 Å². The van der Waals surface area contributed by atoms with Crippen molar-refractivity contribution < 1.29 is 9.59 Å². The number of nitrogens with one attached hydrogen (secondary N) is 2. The molecule has 0 aromatic heterocycles. The van der Waals surface area contributed by atoms with E-state index in [1.165, 1.54) is 0 Å². The first-order valence-electron chi connectivity index (χ1n) is 8.47. The molecule has 2 unspecified atom stereocenters. The Morgan fingerprint density at radius 3 is 2.32 bits per heavy atom. The first-order valence-corrected chi connectivity index (χ1v) is 8.85. The van der Waals surface area contributed by atoms with Gasteiger partial charge in [0.25, 0.3) is 0 Å². The van der Waals surface area contributed by atoms with E-state index in [2.05, 4.69) is 10.6 Å². The first-order chi connectivity index (χ1) is 12.1. The van der Waals surface area contributed by atoms with Crippen LogP contribution in [0, 0.1) is 11.8 Å². The summed E-state index contributed by atoms with van der Waals surface area (Å²) in [5.74, 6) is -0.481. The van der Waals surface area contributed by atoms with E-state index in [1.807, 2.05) is 54.6 Å². The lowest BCUT2D eigenvalue weighted by Crippen LogP contribution is -2.31. The van der Waals surface area contributed by atoms with Crippen LogP contribution in [0.5, 0.6) is 0 Å². The SMILES string of the molecule is O=C(NCCc1cccc(Cl)c1)C1CC1C(=O)NCc1ccccc1. The molecule has 0 heterocycles. The van der Waals surface area contributed by atoms with Gasteiger partial charge in [0.2, 0.25) is 11.8 Å². The van der Waals surface area contributed by atoms with Gasteiger partial charge >= 0.3 is 0 Å². The second kappa shape index (κ2) is 8.17. The van der Waals surface area contributed by atoms with Crippen LogP contribution in [0.4, 0.5) is 0 Å². The summed E-state index contributed by atoms with van der Waals surface area (Å²) < 4.78 is 0. The average Bonchev–Trinajstić information content (AvgIpc) is 3.41. The Morgan fingerprint density at radius 1 is 0.920 bits per heavy atom. The Kier molecular flexibility index (Phi) is 5.71. The number of carbonyl (C=O) groups excluding carboxylic acids is 2. The Morgan fingerprint density at radius 2 is 1.60 bits per heavy atom. The van der Waals surface area contributed by atoms with Gasteiger partial charge in [-0.1, -0.05) is 54.1 Å². The topological polar surface area (TPSA) is 58.2 Å². The molecule has 4 nitrogen and oxygen atoms in total. The van der Waals surface area contributed by atoms with Crippen LogP contribution in [0.25, 0.3) is 0 Å². The molecule has 1 aliphatic carbocycles. The van der Waals surface area contributed by atoms with Gasteiger partial charge in [-0.15, -0.1) is 0 Å². The maximum absolute atomic E-state index is 12.1. The van der Waals surface area contributed by atoms with E-state index in [1.54, 1.807) is 0 Å². The van der Waals surface area contributed by atoms with Crippen molar-refractivity contribution in [2.45, 2.75) is 19.4 Å². The zero-order valence-corrected chi connectivity index (χ0v) is 14.6. The lowest BCUT2D eigenvalue weighted by molar-refractivity contribution is -0.127. The smallest absolute Gasteiger partial charge is 0.224 e. The molecule has 0 spiro atoms. The van der Waals surface area contributed by atoms with Gasteiger partial charge in [-0.2, -0.15) is 0 Å². The van der Waals surface area contributed by atoms with Crippen LogP contribution in [0.3, 0.4) is 0 Å². The molecular formula is C20H21ClN2O2. The van der Waals surface area contributed by atoms with E-state index in [9.17, 15) is 9.59 Å². The molecular weight excluding hydrogens is 336 g/mol. The zero-order valence-electron chi connectivity index (χ0n) is 13.9. The molecule has 0 radical (unpaired) electrons. The minimum Gasteiger partial charge on any atom is -0.356 e. The third kappa shape index (κ3) is 5.07. The van der Waals surface area contributed by atoms with Gasteiger partial charge in [-0.3, -0.25) is 9.59 Å². The molecule has 2 aromatic carbocycles. The number of rotatable bonds is 7. The lowest BCUT2D eigenvalue weighted by Gasteiger charge is -2.07. The van der Waals surface area contributed by atoms with Gasteiger partial charge in [-0.05, 0) is 36.1 Å². The summed E-state index contributed by atoms with van der Waals surface area (Å²) in [4.78, 5) is 24.3. The second-order valence-corrected chi connectivity index (χ2v) is 6.76. The largest absolute Gasteiger partial charge is 0.356 e. The summed E-state index contributed by atoms with van der Waals surface area (Å²) in [6.07, 6.45) is 1.35. The number of carbonyl (C=O) groups is 2. The molecule has 2 N–H and O–H groups in total. The third-order valence-corrected chi connectivity index (χ3v) is 4.61. The molecule has 130 valence electrons. The molecule has 0 aliphatic heterocycles. The molecule has 2 amide bonds. The van der Waals surface area contributed by atoms with Crippen molar-refractivity contribution in [3.8, 4) is 0 Å². The Bertz CT molecular complexity index is 748. The quantitative estimate of drug-likeness (QED) is 0.801. The van der Waals surface area contributed by atoms with Crippen molar-refractivity contribution in [2.24, 2.45) is 11.8 Å². The van der Waals surface area contributed by atoms with Crippen LogP contribution in [0.1, 0.15) is 17.5 Å². The van der Waals surface area contributed by atoms with Gasteiger partial charge in [0.1, 0.15) is 0 Å². The van der Waals surface area contributed by atoms with Crippen LogP contribution >= 0.6 is 11.6 Å². The molecule has 1 fully saturated rings. The van der Waals surface area contributed by atoms with Crippen molar-refractivity contribution in [3.63, 3.8) is 0 Å². The van der Waals surface area contributed by atoms with Crippen molar-refractivity contribution in [1.29, 1.82) is 0 Å². The van der Waals surface area contributed by atoms with Gasteiger partial charge in [0, 0.05) is 18.1 Å². The normalized spacial score (nSPS) is 18.4. The zero-order chi connectivity index (χ0) is 17.6. The van der Waals surface area contributed by atoms with Crippen molar-refractivity contribution in [2.75, 3.05) is 6.54 Å². The Balaban J connectivity index is 1.37. The predicted octanol–water partition coefficient (Wildman–Crippen LogP) is 2.95. The van der Waals surface area contributed by atoms with Crippen LogP contribution in [0.2, 0.25) is 5.02 Å². The van der Waals surface area contributed by atoms with Gasteiger partial charge < -0.3 is 10.6 Å². The van der Waals surface area contributed by atoms with E-state index >= 15 is 0 Å². The molecule has 25 heavy (non-hydrogen) atoms. The lowest BCUT2D eigenvalue weighted by atomic mass is 10.1. The second-order valence-electron chi connectivity index (χ2n) is 6.32. The maximum Gasteiger partial charge on any atom is 0.224 e. The highest BCUT2D eigenvalue weighted by Gasteiger charge is 2.47. The summed E-state index contributed by atoms with van der Waals surface area (Å²) in [5, 5.41) is 6.51. The van der Waals surface area contributed by atoms with E-state index in [-0.39, 0.29) is 23.7 Å². The van der Waals surface area contributed by atoms with Crippen LogP contribution in [-0.2, 0) is 22.6 Å². The first kappa shape index (κ1) is 17.5. The summed E-state index contributed by atoms with van der Waals surface area (Å²) in [6.45, 7) is 1.05. The van der Waals surface area contributed by atoms with Gasteiger partial charge in [0.15, 0.2) is 0 Å². The summed E-state index contributed by atoms with van der Waals surface area (Å²) in [7, 11) is 0. The van der Waals surface area contributed by atoms with Crippen molar-refractivity contribution in [3.05, 3.63) is 70.7 Å². The minimum absolute atomic E-state index is 0.0399. The highest BCUT2D eigenvalue weighted by molar-refractivity contribution is 6.30. The summed E-state index contributed by atoms with van der Waals surface area (Å²) in [5.41, 5.74) is 2.14. The number of hydrogen-bond acceptors (Lipinski definition) is 2. The predicted molar refractivity (Wildman–Crippen MR) is 98.1 cm³/mol. The standard InChI is InChI=1S/C20H21ClN2O2/c21-16-8-4-7-14(11-16)9-10-22-19(24)17-12-18(17)20(25)23-13-15-5-2-1-3-6-15/h1-8,11,17-18H,9-10,12-13H2,(H,22,24)(H,23,25). The van der Waals surface area contributed by atoms with E-state index < -0.39 is 0 Å². The monoisotopic (exact) mass is 356 g/mol. The number of benzene rings is 2. The fraction of sp³-hybridized carbons (Fsp3) is 0.300.